The van der Waals surface area contributed by atoms with E-state index in [4.69, 9.17) is 0 Å². The summed E-state index contributed by atoms with van der Waals surface area (Å²) in [5.41, 5.74) is 4.41. The van der Waals surface area contributed by atoms with Crippen LogP contribution in [0, 0.1) is 30.1 Å². The minimum atomic E-state index is -0.159. The molecular weight excluding hydrogens is 480 g/mol. The number of carbonyl (C=O) groups is 2. The Balaban J connectivity index is 0.00000253. The topological polar surface area (TPSA) is 86.9 Å². The van der Waals surface area contributed by atoms with Gasteiger partial charge in [-0.05, 0) is 105 Å². The van der Waals surface area contributed by atoms with E-state index in [1.807, 2.05) is 43.3 Å². The van der Waals surface area contributed by atoms with Crippen LogP contribution in [0.25, 0.3) is 11.0 Å². The molecule has 1 aromatic heterocycles. The van der Waals surface area contributed by atoms with Crippen LogP contribution in [0.5, 0.6) is 0 Å². The van der Waals surface area contributed by atoms with Crippen molar-refractivity contribution in [3.05, 3.63) is 48.0 Å². The van der Waals surface area contributed by atoms with Gasteiger partial charge in [-0.1, -0.05) is 17.8 Å². The number of nitrogens with one attached hydrogen (secondary N) is 3. The first-order valence-electron chi connectivity index (χ1n) is 12.2. The molecular formula is C27H31ClN4O2S. The highest BCUT2D eigenvalue weighted by atomic mass is 35.5. The number of aryl methyl sites for hydroxylation is 1. The number of thioether (sulfide) groups is 1. The van der Waals surface area contributed by atoms with Crippen LogP contribution in [0.3, 0.4) is 0 Å². The molecule has 184 valence electrons. The lowest BCUT2D eigenvalue weighted by Gasteiger charge is -2.55. The maximum Gasteiger partial charge on any atom is 0.234 e. The number of aromatic nitrogens is 2. The molecule has 2 aromatic carbocycles. The van der Waals surface area contributed by atoms with Gasteiger partial charge in [0.25, 0.3) is 0 Å². The maximum absolute atomic E-state index is 13.2. The first kappa shape index (κ1) is 24.2. The fourth-order valence-electron chi connectivity index (χ4n) is 6.79. The van der Waals surface area contributed by atoms with E-state index in [1.54, 1.807) is 0 Å². The fourth-order valence-corrected chi connectivity index (χ4v) is 7.47. The third-order valence-electron chi connectivity index (χ3n) is 7.90. The lowest BCUT2D eigenvalue weighted by Crippen LogP contribution is -2.51. The molecule has 3 aromatic rings. The number of H-pyrrole nitrogens is 1. The molecule has 1 heterocycles. The molecule has 0 saturated heterocycles. The third kappa shape index (κ3) is 4.94. The van der Waals surface area contributed by atoms with Gasteiger partial charge in [0, 0.05) is 11.4 Å². The van der Waals surface area contributed by atoms with Crippen molar-refractivity contribution in [1.29, 1.82) is 0 Å². The van der Waals surface area contributed by atoms with Gasteiger partial charge in [0.15, 0.2) is 5.16 Å². The molecule has 0 aliphatic heterocycles. The van der Waals surface area contributed by atoms with E-state index in [0.717, 1.165) is 64.6 Å². The van der Waals surface area contributed by atoms with Crippen molar-refractivity contribution in [2.45, 2.75) is 50.6 Å². The number of hydrogen-bond acceptors (Lipinski definition) is 4. The molecule has 2 amide bonds. The number of fused-ring (bicyclic) bond motifs is 1. The predicted molar refractivity (Wildman–Crippen MR) is 143 cm³/mol. The Bertz CT molecular complexity index is 1220. The fraction of sp³-hybridized carbons (Fsp3) is 0.444. The van der Waals surface area contributed by atoms with E-state index in [9.17, 15) is 9.59 Å². The van der Waals surface area contributed by atoms with Crippen LogP contribution in [0.4, 0.5) is 11.4 Å². The van der Waals surface area contributed by atoms with Gasteiger partial charge < -0.3 is 15.6 Å². The van der Waals surface area contributed by atoms with Gasteiger partial charge in [-0.2, -0.15) is 0 Å². The Morgan fingerprint density at radius 2 is 1.57 bits per heavy atom. The lowest BCUT2D eigenvalue weighted by atomic mass is 9.49. The van der Waals surface area contributed by atoms with E-state index < -0.39 is 0 Å². The van der Waals surface area contributed by atoms with Gasteiger partial charge in [0.05, 0.1) is 22.2 Å². The maximum atomic E-state index is 13.2. The molecule has 7 rings (SSSR count). The third-order valence-corrected chi connectivity index (χ3v) is 8.78. The minimum absolute atomic E-state index is 0. The van der Waals surface area contributed by atoms with Crippen molar-refractivity contribution < 1.29 is 9.59 Å². The summed E-state index contributed by atoms with van der Waals surface area (Å²) in [7, 11) is 0. The highest BCUT2D eigenvalue weighted by Gasteiger charge is 2.54. The molecule has 4 saturated carbocycles. The number of aromatic amines is 1. The number of rotatable bonds is 6. The number of amides is 2. The van der Waals surface area contributed by atoms with Crippen LogP contribution < -0.4 is 10.6 Å². The summed E-state index contributed by atoms with van der Waals surface area (Å²) in [6.45, 7) is 2.04. The summed E-state index contributed by atoms with van der Waals surface area (Å²) in [5, 5.41) is 6.84. The zero-order valence-electron chi connectivity index (χ0n) is 19.8. The molecule has 4 aliphatic rings. The Morgan fingerprint density at radius 3 is 2.20 bits per heavy atom. The van der Waals surface area contributed by atoms with Crippen LogP contribution in [-0.2, 0) is 9.59 Å². The highest BCUT2D eigenvalue weighted by molar-refractivity contribution is 7.99. The Hall–Kier alpha value is -2.51. The average molecular weight is 511 g/mol. The van der Waals surface area contributed by atoms with E-state index >= 15 is 0 Å². The van der Waals surface area contributed by atoms with Crippen molar-refractivity contribution in [2.75, 3.05) is 16.4 Å². The van der Waals surface area contributed by atoms with Crippen molar-refractivity contribution >= 4 is 58.4 Å². The normalized spacial score (nSPS) is 26.4. The largest absolute Gasteiger partial charge is 0.333 e. The quantitative estimate of drug-likeness (QED) is 0.345. The molecule has 0 unspecified atom stereocenters. The Kier molecular flexibility index (Phi) is 6.57. The number of hydrogen-bond donors (Lipinski definition) is 3. The molecule has 0 radical (unpaired) electrons. The molecule has 6 nitrogen and oxygen atoms in total. The summed E-state index contributed by atoms with van der Waals surface area (Å²) >= 11 is 1.38. The second kappa shape index (κ2) is 9.51. The number of nitrogens with zero attached hydrogens (tertiary/aromatic N) is 1. The van der Waals surface area contributed by atoms with Crippen molar-refractivity contribution in [2.24, 2.45) is 23.2 Å². The zero-order valence-corrected chi connectivity index (χ0v) is 21.4. The van der Waals surface area contributed by atoms with Crippen molar-refractivity contribution in [1.82, 2.24) is 9.97 Å². The van der Waals surface area contributed by atoms with Crippen molar-refractivity contribution in [3.8, 4) is 0 Å². The summed E-state index contributed by atoms with van der Waals surface area (Å²) in [6, 6.07) is 13.5. The van der Waals surface area contributed by atoms with Crippen LogP contribution in [0.1, 0.15) is 44.1 Å². The summed E-state index contributed by atoms with van der Waals surface area (Å²) in [6.07, 6.45) is 7.16. The van der Waals surface area contributed by atoms with Gasteiger partial charge in [-0.25, -0.2) is 4.98 Å². The average Bonchev–Trinajstić information content (AvgIpc) is 3.20. The molecule has 0 spiro atoms. The second-order valence-corrected chi connectivity index (χ2v) is 11.6. The van der Waals surface area contributed by atoms with Gasteiger partial charge in [0.2, 0.25) is 11.8 Å². The second-order valence-electron chi connectivity index (χ2n) is 10.6. The van der Waals surface area contributed by atoms with Gasteiger partial charge >= 0.3 is 0 Å². The lowest BCUT2D eigenvalue weighted by molar-refractivity contribution is -0.140. The molecule has 3 N–H and O–H groups in total. The SMILES string of the molecule is Cc1ccc2nc(SCC(=O)Nc3ccc(NC(=O)C45CC6CC(CC(C6)C4)C5)cc3)[nH]c2c1.Cl. The molecule has 0 atom stereocenters. The van der Waals surface area contributed by atoms with Gasteiger partial charge in [-0.15, -0.1) is 12.4 Å². The van der Waals surface area contributed by atoms with Crippen LogP contribution in [-0.4, -0.2) is 27.5 Å². The molecule has 35 heavy (non-hydrogen) atoms. The first-order valence-corrected chi connectivity index (χ1v) is 13.2. The van der Waals surface area contributed by atoms with E-state index in [2.05, 4.69) is 26.7 Å². The van der Waals surface area contributed by atoms with Gasteiger partial charge in [-0.3, -0.25) is 9.59 Å². The summed E-state index contributed by atoms with van der Waals surface area (Å²) in [4.78, 5) is 33.5. The first-order chi connectivity index (χ1) is 16.4. The van der Waals surface area contributed by atoms with E-state index in [-0.39, 0.29) is 35.4 Å². The highest BCUT2D eigenvalue weighted by Crippen LogP contribution is 2.60. The smallest absolute Gasteiger partial charge is 0.234 e. The molecule has 8 heteroatoms. The molecule has 4 fully saturated rings. The van der Waals surface area contributed by atoms with Crippen molar-refractivity contribution in [3.63, 3.8) is 0 Å². The van der Waals surface area contributed by atoms with E-state index in [1.165, 1.54) is 36.6 Å². The number of halogens is 1. The predicted octanol–water partition coefficient (Wildman–Crippen LogP) is 6.18. The van der Waals surface area contributed by atoms with Crippen LogP contribution >= 0.6 is 24.2 Å². The number of anilines is 2. The Labute approximate surface area is 215 Å². The standard InChI is InChI=1S/C27H30N4O2S.ClH/c1-16-2-7-22-23(8-16)31-26(30-22)34-15-24(32)28-20-3-5-21(6-4-20)29-25(33)27-12-17-9-18(13-27)11-19(10-17)14-27;/h2-8,17-19H,9-15H2,1H3,(H,28,32)(H,29,33)(H,30,31);1H. The minimum Gasteiger partial charge on any atom is -0.333 e. The monoisotopic (exact) mass is 510 g/mol. The van der Waals surface area contributed by atoms with Crippen LogP contribution in [0.15, 0.2) is 47.6 Å². The summed E-state index contributed by atoms with van der Waals surface area (Å²) < 4.78 is 0. The summed E-state index contributed by atoms with van der Waals surface area (Å²) in [5.74, 6) is 2.61. The Morgan fingerprint density at radius 1 is 0.971 bits per heavy atom. The number of imidazole rings is 1. The van der Waals surface area contributed by atoms with Gasteiger partial charge in [0.1, 0.15) is 0 Å². The van der Waals surface area contributed by atoms with Crippen LogP contribution in [0.2, 0.25) is 0 Å². The number of benzene rings is 2. The molecule has 4 bridgehead atoms. The molecule has 4 aliphatic carbocycles. The zero-order chi connectivity index (χ0) is 23.3. The number of carbonyl (C=O) groups excluding carboxylic acids is 2. The van der Waals surface area contributed by atoms with E-state index in [0.29, 0.717) is 0 Å².